The third-order valence-electron chi connectivity index (χ3n) is 3.22. The van der Waals surface area contributed by atoms with Crippen LogP contribution in [0.1, 0.15) is 30.4 Å². The summed E-state index contributed by atoms with van der Waals surface area (Å²) in [6.07, 6.45) is 3.30. The molecule has 0 aliphatic carbocycles. The molecule has 0 aliphatic heterocycles. The average Bonchev–Trinajstić information content (AvgIpc) is 2.49. The maximum atomic E-state index is 13.2. The summed E-state index contributed by atoms with van der Waals surface area (Å²) in [6.45, 7) is 4.10. The maximum Gasteiger partial charge on any atom is 0.191 e. The van der Waals surface area contributed by atoms with Gasteiger partial charge in [-0.15, -0.1) is 0 Å². The third-order valence-corrected chi connectivity index (χ3v) is 3.22. The van der Waals surface area contributed by atoms with E-state index in [0.29, 0.717) is 12.1 Å². The van der Waals surface area contributed by atoms with Crippen LogP contribution in [0.25, 0.3) is 0 Å². The van der Waals surface area contributed by atoms with Crippen LogP contribution in [0.5, 0.6) is 0 Å². The molecule has 5 heteroatoms. The van der Waals surface area contributed by atoms with Gasteiger partial charge >= 0.3 is 0 Å². The number of nitrogens with one attached hydrogen (secondary N) is 2. The zero-order valence-electron chi connectivity index (χ0n) is 13.2. The van der Waals surface area contributed by atoms with E-state index in [9.17, 15) is 4.39 Å². The molecular formula is C16H26FN3O. The van der Waals surface area contributed by atoms with Crippen LogP contribution in [0.2, 0.25) is 0 Å². The summed E-state index contributed by atoms with van der Waals surface area (Å²) >= 11 is 0. The van der Waals surface area contributed by atoms with Crippen molar-refractivity contribution in [1.29, 1.82) is 0 Å². The molecule has 4 nitrogen and oxygen atoms in total. The lowest BCUT2D eigenvalue weighted by atomic mass is 10.1. The lowest BCUT2D eigenvalue weighted by Gasteiger charge is -2.12. The average molecular weight is 295 g/mol. The number of guanidine groups is 1. The Morgan fingerprint density at radius 3 is 2.71 bits per heavy atom. The highest BCUT2D eigenvalue weighted by molar-refractivity contribution is 5.79. The second kappa shape index (κ2) is 10.2. The van der Waals surface area contributed by atoms with Gasteiger partial charge in [0.05, 0.1) is 0 Å². The third kappa shape index (κ3) is 7.09. The molecule has 0 saturated carbocycles. The molecular weight excluding hydrogens is 269 g/mol. The van der Waals surface area contributed by atoms with Gasteiger partial charge in [0.2, 0.25) is 0 Å². The molecule has 1 aromatic rings. The first-order chi connectivity index (χ1) is 10.2. The quantitative estimate of drug-likeness (QED) is 0.440. The van der Waals surface area contributed by atoms with Gasteiger partial charge in [0.25, 0.3) is 0 Å². The zero-order valence-corrected chi connectivity index (χ0v) is 13.2. The lowest BCUT2D eigenvalue weighted by molar-refractivity contribution is 0.192. The zero-order chi connectivity index (χ0) is 15.5. The Kier molecular flexibility index (Phi) is 8.43. The number of rotatable bonds is 8. The molecule has 0 atom stereocenters. The molecule has 0 unspecified atom stereocenters. The van der Waals surface area contributed by atoms with Crippen molar-refractivity contribution >= 4 is 5.96 Å². The van der Waals surface area contributed by atoms with E-state index in [-0.39, 0.29) is 5.82 Å². The minimum atomic E-state index is -0.169. The van der Waals surface area contributed by atoms with Gasteiger partial charge in [0.15, 0.2) is 5.96 Å². The summed E-state index contributed by atoms with van der Waals surface area (Å²) in [6, 6.07) is 5.13. The number of aliphatic imine (C=N–C) groups is 1. The van der Waals surface area contributed by atoms with E-state index in [4.69, 9.17) is 4.74 Å². The normalized spacial score (nSPS) is 11.5. The van der Waals surface area contributed by atoms with Gasteiger partial charge in [-0.3, -0.25) is 4.99 Å². The van der Waals surface area contributed by atoms with E-state index in [1.165, 1.54) is 6.07 Å². The summed E-state index contributed by atoms with van der Waals surface area (Å²) in [7, 11) is 3.47. The van der Waals surface area contributed by atoms with Crippen LogP contribution < -0.4 is 10.6 Å². The fourth-order valence-corrected chi connectivity index (χ4v) is 1.98. The van der Waals surface area contributed by atoms with Crippen molar-refractivity contribution in [1.82, 2.24) is 10.6 Å². The molecule has 0 spiro atoms. The largest absolute Gasteiger partial charge is 0.385 e. The molecule has 1 rings (SSSR count). The topological polar surface area (TPSA) is 45.7 Å². The fraction of sp³-hybridized carbons (Fsp3) is 0.562. The molecule has 0 aromatic heterocycles. The van der Waals surface area contributed by atoms with Crippen LogP contribution >= 0.6 is 0 Å². The molecule has 118 valence electrons. The molecule has 0 fully saturated rings. The van der Waals surface area contributed by atoms with Crippen molar-refractivity contribution in [2.24, 2.45) is 4.99 Å². The smallest absolute Gasteiger partial charge is 0.191 e. The summed E-state index contributed by atoms with van der Waals surface area (Å²) in [4.78, 5) is 4.17. The summed E-state index contributed by atoms with van der Waals surface area (Å²) in [5, 5.41) is 6.49. The lowest BCUT2D eigenvalue weighted by Crippen LogP contribution is -2.37. The number of benzene rings is 1. The Morgan fingerprint density at radius 1 is 1.24 bits per heavy atom. The van der Waals surface area contributed by atoms with Crippen LogP contribution in [0.3, 0.4) is 0 Å². The van der Waals surface area contributed by atoms with E-state index < -0.39 is 0 Å². The Hall–Kier alpha value is -1.62. The number of ether oxygens (including phenoxy) is 1. The van der Waals surface area contributed by atoms with Crippen LogP contribution in [-0.4, -0.2) is 33.3 Å². The molecule has 0 saturated heterocycles. The SMILES string of the molecule is CN=C(NCCCCCOC)NCc1ccc(F)c(C)c1. The van der Waals surface area contributed by atoms with E-state index in [1.54, 1.807) is 27.1 Å². The number of hydrogen-bond acceptors (Lipinski definition) is 2. The predicted octanol–water partition coefficient (Wildman–Crippen LogP) is 2.62. The summed E-state index contributed by atoms with van der Waals surface area (Å²) < 4.78 is 18.2. The van der Waals surface area contributed by atoms with Crippen molar-refractivity contribution in [3.8, 4) is 0 Å². The van der Waals surface area contributed by atoms with E-state index >= 15 is 0 Å². The Balaban J connectivity index is 2.26. The van der Waals surface area contributed by atoms with Crippen LogP contribution in [-0.2, 0) is 11.3 Å². The van der Waals surface area contributed by atoms with E-state index in [0.717, 1.165) is 43.9 Å². The molecule has 0 aliphatic rings. The fourth-order valence-electron chi connectivity index (χ4n) is 1.98. The minimum Gasteiger partial charge on any atom is -0.385 e. The first-order valence-corrected chi connectivity index (χ1v) is 7.36. The molecule has 0 radical (unpaired) electrons. The number of aryl methyl sites for hydroxylation is 1. The number of methoxy groups -OCH3 is 1. The van der Waals surface area contributed by atoms with E-state index in [1.807, 2.05) is 6.07 Å². The minimum absolute atomic E-state index is 0.169. The first kappa shape index (κ1) is 17.4. The molecule has 2 N–H and O–H groups in total. The molecule has 0 heterocycles. The number of nitrogens with zero attached hydrogens (tertiary/aromatic N) is 1. The molecule has 0 bridgehead atoms. The summed E-state index contributed by atoms with van der Waals surface area (Å²) in [5.41, 5.74) is 1.70. The standard InChI is InChI=1S/C16H26FN3O/c1-13-11-14(7-8-15(13)17)12-20-16(18-2)19-9-5-4-6-10-21-3/h7-8,11H,4-6,9-10,12H2,1-3H3,(H2,18,19,20). The Labute approximate surface area is 126 Å². The monoisotopic (exact) mass is 295 g/mol. The highest BCUT2D eigenvalue weighted by Gasteiger charge is 2.01. The van der Waals surface area contributed by atoms with Crippen LogP contribution in [0.15, 0.2) is 23.2 Å². The van der Waals surface area contributed by atoms with Crippen LogP contribution in [0.4, 0.5) is 4.39 Å². The van der Waals surface area contributed by atoms with Crippen molar-refractivity contribution in [3.05, 3.63) is 35.1 Å². The number of hydrogen-bond donors (Lipinski definition) is 2. The van der Waals surface area contributed by atoms with Crippen molar-refractivity contribution in [3.63, 3.8) is 0 Å². The van der Waals surface area contributed by atoms with Gasteiger partial charge < -0.3 is 15.4 Å². The molecule has 21 heavy (non-hydrogen) atoms. The van der Waals surface area contributed by atoms with Gasteiger partial charge in [-0.2, -0.15) is 0 Å². The van der Waals surface area contributed by atoms with Crippen molar-refractivity contribution in [2.45, 2.75) is 32.7 Å². The Morgan fingerprint density at radius 2 is 2.05 bits per heavy atom. The second-order valence-corrected chi connectivity index (χ2v) is 4.99. The molecule has 1 aromatic carbocycles. The number of unbranched alkanes of at least 4 members (excludes halogenated alkanes) is 2. The van der Waals surface area contributed by atoms with Gasteiger partial charge in [-0.05, 0) is 43.4 Å². The predicted molar refractivity (Wildman–Crippen MR) is 85.1 cm³/mol. The van der Waals surface area contributed by atoms with Gasteiger partial charge in [-0.25, -0.2) is 4.39 Å². The number of halogens is 1. The highest BCUT2D eigenvalue weighted by Crippen LogP contribution is 2.08. The maximum absolute atomic E-state index is 13.2. The summed E-state index contributed by atoms with van der Waals surface area (Å²) in [5.74, 6) is 0.598. The Bertz CT molecular complexity index is 449. The van der Waals surface area contributed by atoms with Gasteiger partial charge in [0, 0.05) is 33.9 Å². The van der Waals surface area contributed by atoms with Crippen LogP contribution in [0, 0.1) is 12.7 Å². The van der Waals surface area contributed by atoms with Crippen molar-refractivity contribution < 1.29 is 9.13 Å². The van der Waals surface area contributed by atoms with Gasteiger partial charge in [0.1, 0.15) is 5.82 Å². The highest BCUT2D eigenvalue weighted by atomic mass is 19.1. The van der Waals surface area contributed by atoms with Gasteiger partial charge in [-0.1, -0.05) is 12.1 Å². The molecule has 0 amide bonds. The first-order valence-electron chi connectivity index (χ1n) is 7.36. The van der Waals surface area contributed by atoms with Crippen molar-refractivity contribution in [2.75, 3.05) is 27.3 Å². The van der Waals surface area contributed by atoms with E-state index in [2.05, 4.69) is 15.6 Å². The second-order valence-electron chi connectivity index (χ2n) is 4.99.